The van der Waals surface area contributed by atoms with Crippen molar-refractivity contribution >= 4 is 34.8 Å². The Labute approximate surface area is 178 Å². The molecule has 2 N–H and O–H groups in total. The molecule has 0 aliphatic rings. The Bertz CT molecular complexity index is 1170. The van der Waals surface area contributed by atoms with Crippen molar-refractivity contribution < 1.29 is 9.59 Å². The van der Waals surface area contributed by atoms with Crippen LogP contribution in [0.25, 0.3) is 5.69 Å². The average Bonchev–Trinajstić information content (AvgIpc) is 3.31. The SMILES string of the molecule is O=C(Nc1ccc(NC(=O)c2ccccc2)c(Cl)c1)c1ccc(-n2cccc2)cc1. The third-order valence-corrected chi connectivity index (χ3v) is 4.86. The summed E-state index contributed by atoms with van der Waals surface area (Å²) in [7, 11) is 0. The van der Waals surface area contributed by atoms with Crippen molar-refractivity contribution in [3.05, 3.63) is 113 Å². The van der Waals surface area contributed by atoms with Crippen LogP contribution in [0.3, 0.4) is 0 Å². The summed E-state index contributed by atoms with van der Waals surface area (Å²) in [6, 6.07) is 25.0. The van der Waals surface area contributed by atoms with E-state index in [1.165, 1.54) is 0 Å². The molecule has 0 bridgehead atoms. The summed E-state index contributed by atoms with van der Waals surface area (Å²) in [5.41, 5.74) is 3.05. The monoisotopic (exact) mass is 415 g/mol. The van der Waals surface area contributed by atoms with E-state index in [0.29, 0.717) is 27.5 Å². The zero-order valence-corrected chi connectivity index (χ0v) is 16.6. The van der Waals surface area contributed by atoms with Crippen LogP contribution in [0.15, 0.2) is 97.3 Å². The van der Waals surface area contributed by atoms with Crippen LogP contribution in [0, 0.1) is 0 Å². The van der Waals surface area contributed by atoms with E-state index in [0.717, 1.165) is 5.69 Å². The number of amides is 2. The van der Waals surface area contributed by atoms with Gasteiger partial charge in [0.05, 0.1) is 10.7 Å². The highest BCUT2D eigenvalue weighted by molar-refractivity contribution is 6.34. The van der Waals surface area contributed by atoms with Gasteiger partial charge in [-0.3, -0.25) is 9.59 Å². The van der Waals surface area contributed by atoms with E-state index in [1.54, 1.807) is 54.6 Å². The van der Waals surface area contributed by atoms with Gasteiger partial charge in [0.2, 0.25) is 0 Å². The Morgan fingerprint density at radius 2 is 1.33 bits per heavy atom. The minimum Gasteiger partial charge on any atom is -0.324 e. The molecule has 2 amide bonds. The minimum absolute atomic E-state index is 0.244. The first-order chi connectivity index (χ1) is 14.6. The maximum absolute atomic E-state index is 12.5. The highest BCUT2D eigenvalue weighted by Gasteiger charge is 2.11. The standard InChI is InChI=1S/C24H18ClN3O2/c25-21-16-19(10-13-22(21)27-24(30)17-6-2-1-3-7-17)26-23(29)18-8-11-20(12-9-18)28-14-4-5-15-28/h1-16H,(H,26,29)(H,27,30). The number of hydrogen-bond acceptors (Lipinski definition) is 2. The van der Waals surface area contributed by atoms with Crippen molar-refractivity contribution in [3.8, 4) is 5.69 Å². The largest absolute Gasteiger partial charge is 0.324 e. The number of carbonyl (C=O) groups excluding carboxylic acids is 2. The van der Waals surface area contributed by atoms with E-state index in [9.17, 15) is 9.59 Å². The van der Waals surface area contributed by atoms with Gasteiger partial charge in [-0.15, -0.1) is 0 Å². The molecule has 6 heteroatoms. The molecule has 0 unspecified atom stereocenters. The number of benzene rings is 3. The zero-order chi connectivity index (χ0) is 20.9. The predicted molar refractivity (Wildman–Crippen MR) is 120 cm³/mol. The zero-order valence-electron chi connectivity index (χ0n) is 15.9. The van der Waals surface area contributed by atoms with Gasteiger partial charge in [0, 0.05) is 34.9 Å². The molecule has 5 nitrogen and oxygen atoms in total. The Kier molecular flexibility index (Phi) is 5.63. The lowest BCUT2D eigenvalue weighted by atomic mass is 10.1. The van der Waals surface area contributed by atoms with Crippen molar-refractivity contribution in [2.75, 3.05) is 10.6 Å². The lowest BCUT2D eigenvalue weighted by Gasteiger charge is -2.11. The Hall–Kier alpha value is -3.83. The molecule has 0 radical (unpaired) electrons. The predicted octanol–water partition coefficient (Wildman–Crippen LogP) is 5.64. The lowest BCUT2D eigenvalue weighted by Crippen LogP contribution is -2.13. The summed E-state index contributed by atoms with van der Waals surface area (Å²) in [4.78, 5) is 24.8. The molecule has 0 saturated carbocycles. The molecule has 0 aliphatic heterocycles. The maximum Gasteiger partial charge on any atom is 0.255 e. The molecule has 3 aromatic carbocycles. The van der Waals surface area contributed by atoms with Crippen molar-refractivity contribution in [2.45, 2.75) is 0 Å². The minimum atomic E-state index is -0.253. The van der Waals surface area contributed by atoms with E-state index < -0.39 is 0 Å². The summed E-state index contributed by atoms with van der Waals surface area (Å²) in [5, 5.41) is 5.93. The van der Waals surface area contributed by atoms with E-state index in [-0.39, 0.29) is 11.8 Å². The first-order valence-electron chi connectivity index (χ1n) is 9.31. The number of rotatable bonds is 5. The number of nitrogens with one attached hydrogen (secondary N) is 2. The van der Waals surface area contributed by atoms with Crippen molar-refractivity contribution in [1.29, 1.82) is 0 Å². The molecule has 4 aromatic rings. The van der Waals surface area contributed by atoms with Crippen LogP contribution in [0.1, 0.15) is 20.7 Å². The second kappa shape index (κ2) is 8.68. The van der Waals surface area contributed by atoms with Gasteiger partial charge in [-0.1, -0.05) is 29.8 Å². The summed E-state index contributed by atoms with van der Waals surface area (Å²) in [6.45, 7) is 0. The van der Waals surface area contributed by atoms with E-state index in [2.05, 4.69) is 10.6 Å². The summed E-state index contributed by atoms with van der Waals surface area (Å²) < 4.78 is 1.96. The van der Waals surface area contributed by atoms with Crippen LogP contribution in [-0.4, -0.2) is 16.4 Å². The van der Waals surface area contributed by atoms with Gasteiger partial charge in [-0.2, -0.15) is 0 Å². The van der Waals surface area contributed by atoms with E-state index in [4.69, 9.17) is 11.6 Å². The highest BCUT2D eigenvalue weighted by Crippen LogP contribution is 2.26. The van der Waals surface area contributed by atoms with Crippen molar-refractivity contribution in [2.24, 2.45) is 0 Å². The molecule has 0 atom stereocenters. The van der Waals surface area contributed by atoms with E-state index >= 15 is 0 Å². The van der Waals surface area contributed by atoms with Gasteiger partial charge in [-0.05, 0) is 66.7 Å². The number of carbonyl (C=O) groups is 2. The Balaban J connectivity index is 1.43. The molecular weight excluding hydrogens is 398 g/mol. The fraction of sp³-hybridized carbons (Fsp3) is 0. The molecule has 1 aromatic heterocycles. The van der Waals surface area contributed by atoms with Gasteiger partial charge in [0.1, 0.15) is 0 Å². The number of aromatic nitrogens is 1. The van der Waals surface area contributed by atoms with Crippen molar-refractivity contribution in [1.82, 2.24) is 4.57 Å². The van der Waals surface area contributed by atoms with E-state index in [1.807, 2.05) is 47.3 Å². The van der Waals surface area contributed by atoms with Gasteiger partial charge >= 0.3 is 0 Å². The van der Waals surface area contributed by atoms with Crippen LogP contribution in [-0.2, 0) is 0 Å². The first-order valence-corrected chi connectivity index (χ1v) is 9.69. The first kappa shape index (κ1) is 19.5. The number of nitrogens with zero attached hydrogens (tertiary/aromatic N) is 1. The van der Waals surface area contributed by atoms with Crippen LogP contribution in [0.4, 0.5) is 11.4 Å². The number of halogens is 1. The van der Waals surface area contributed by atoms with Crippen LogP contribution < -0.4 is 10.6 Å². The van der Waals surface area contributed by atoms with Gasteiger partial charge < -0.3 is 15.2 Å². The quantitative estimate of drug-likeness (QED) is 0.443. The molecule has 0 spiro atoms. The Morgan fingerprint density at radius 1 is 0.700 bits per heavy atom. The lowest BCUT2D eigenvalue weighted by molar-refractivity contribution is 0.101. The smallest absolute Gasteiger partial charge is 0.255 e. The van der Waals surface area contributed by atoms with Gasteiger partial charge in [-0.25, -0.2) is 0 Å². The highest BCUT2D eigenvalue weighted by atomic mass is 35.5. The molecule has 0 aliphatic carbocycles. The average molecular weight is 416 g/mol. The molecule has 148 valence electrons. The summed E-state index contributed by atoms with van der Waals surface area (Å²) in [6.07, 6.45) is 3.88. The molecular formula is C24H18ClN3O2. The second-order valence-corrected chi connectivity index (χ2v) is 7.01. The fourth-order valence-electron chi connectivity index (χ4n) is 2.97. The normalized spacial score (nSPS) is 10.4. The fourth-order valence-corrected chi connectivity index (χ4v) is 3.20. The summed E-state index contributed by atoms with van der Waals surface area (Å²) in [5.74, 6) is -0.497. The van der Waals surface area contributed by atoms with Gasteiger partial charge in [0.15, 0.2) is 0 Å². The van der Waals surface area contributed by atoms with Gasteiger partial charge in [0.25, 0.3) is 11.8 Å². The van der Waals surface area contributed by atoms with Crippen LogP contribution in [0.5, 0.6) is 0 Å². The molecule has 0 fully saturated rings. The molecule has 1 heterocycles. The van der Waals surface area contributed by atoms with Crippen LogP contribution >= 0.6 is 11.6 Å². The topological polar surface area (TPSA) is 63.1 Å². The summed E-state index contributed by atoms with van der Waals surface area (Å²) >= 11 is 6.30. The van der Waals surface area contributed by atoms with Crippen molar-refractivity contribution in [3.63, 3.8) is 0 Å². The molecule has 0 saturated heterocycles. The molecule has 30 heavy (non-hydrogen) atoms. The number of hydrogen-bond donors (Lipinski definition) is 2. The Morgan fingerprint density at radius 3 is 2.00 bits per heavy atom. The van der Waals surface area contributed by atoms with Crippen LogP contribution in [0.2, 0.25) is 5.02 Å². The third kappa shape index (κ3) is 4.42. The third-order valence-electron chi connectivity index (χ3n) is 4.54. The maximum atomic E-state index is 12.5. The second-order valence-electron chi connectivity index (χ2n) is 6.61. The number of anilines is 2. The molecule has 4 rings (SSSR count).